The normalized spacial score (nSPS) is 12.0. The van der Waals surface area contributed by atoms with Crippen molar-refractivity contribution in [2.45, 2.75) is 329 Å². The van der Waals surface area contributed by atoms with Crippen molar-refractivity contribution in [3.8, 4) is 0 Å². The maximum absolute atomic E-state index is 2.35. The Hall–Kier alpha value is -0.0400. The van der Waals surface area contributed by atoms with Crippen molar-refractivity contribution >= 4 is 0 Å². The molecule has 0 spiro atoms. The summed E-state index contributed by atoms with van der Waals surface area (Å²) >= 11 is 0. The molecule has 0 N–H and O–H groups in total. The number of hydrogen-bond donors (Lipinski definition) is 0. The average Bonchev–Trinajstić information content (AvgIpc) is 3.21. The summed E-state index contributed by atoms with van der Waals surface area (Å²) in [6.07, 6.45) is 69.2. The molecule has 1 nitrogen and oxygen atoms in total. The molecule has 0 aromatic rings. The van der Waals surface area contributed by atoms with Crippen molar-refractivity contribution in [3.63, 3.8) is 0 Å². The summed E-state index contributed by atoms with van der Waals surface area (Å²) < 4.78 is 1.49. The highest BCUT2D eigenvalue weighted by Gasteiger charge is 2.25. The topological polar surface area (TPSA) is 0 Å². The van der Waals surface area contributed by atoms with Gasteiger partial charge in [-0.3, -0.25) is 0 Å². The maximum Gasteiger partial charge on any atom is 0.0786 e. The Morgan fingerprint density at radius 3 is 0.375 bits per heavy atom. The van der Waals surface area contributed by atoms with E-state index in [1.54, 1.807) is 0 Å². The summed E-state index contributed by atoms with van der Waals surface area (Å²) in [4.78, 5) is 0. The van der Waals surface area contributed by atoms with Gasteiger partial charge in [0.1, 0.15) is 0 Å². The lowest BCUT2D eigenvalue weighted by atomic mass is 10.0. The highest BCUT2D eigenvalue weighted by Crippen LogP contribution is 2.22. The van der Waals surface area contributed by atoms with Gasteiger partial charge in [-0.1, -0.05) is 278 Å². The molecule has 0 fully saturated rings. The molecular formula is C55H114N+. The number of quaternary nitrogens is 1. The van der Waals surface area contributed by atoms with Gasteiger partial charge in [-0.15, -0.1) is 0 Å². The number of hydrogen-bond acceptors (Lipinski definition) is 0. The second-order valence-corrected chi connectivity index (χ2v) is 19.4. The first-order valence-corrected chi connectivity index (χ1v) is 27.6. The largest absolute Gasteiger partial charge is 0.324 e. The van der Waals surface area contributed by atoms with E-state index in [0.717, 1.165) is 0 Å². The van der Waals surface area contributed by atoms with Crippen LogP contribution in [0.25, 0.3) is 0 Å². The zero-order valence-corrected chi connectivity index (χ0v) is 40.5. The van der Waals surface area contributed by atoms with Crippen LogP contribution < -0.4 is 0 Å². The fraction of sp³-hybridized carbons (Fsp3) is 1.00. The molecule has 0 aliphatic carbocycles. The van der Waals surface area contributed by atoms with Gasteiger partial charge in [-0.25, -0.2) is 0 Å². The third kappa shape index (κ3) is 43.5. The van der Waals surface area contributed by atoms with E-state index in [2.05, 4.69) is 27.7 Å². The Bertz CT molecular complexity index is 596. The lowest BCUT2D eigenvalue weighted by Crippen LogP contribution is -2.50. The second-order valence-electron chi connectivity index (χ2n) is 19.4. The maximum atomic E-state index is 2.35. The Kier molecular flexibility index (Phi) is 49.3. The highest BCUT2D eigenvalue weighted by atomic mass is 15.3. The molecule has 0 unspecified atom stereocenters. The lowest BCUT2D eigenvalue weighted by molar-refractivity contribution is -0.929. The molecule has 0 aliphatic rings. The molecule has 338 valence electrons. The van der Waals surface area contributed by atoms with Crippen LogP contribution in [0.2, 0.25) is 0 Å². The average molecular weight is 790 g/mol. The second kappa shape index (κ2) is 49.3. The first-order valence-electron chi connectivity index (χ1n) is 27.6. The standard InChI is InChI=1S/C55H114N/c1-5-9-13-17-21-25-28-31-34-37-41-45-49-53-56(52-48-44-40-24-20-16-12-8-4,54-50-46-42-38-35-32-29-26-22-18-14-10-6-2)55-51-47-43-39-36-33-30-27-23-19-15-11-7-3/h5-55H2,1-4H3/q+1. The predicted octanol–water partition coefficient (Wildman–Crippen LogP) is 20.2. The minimum atomic E-state index is 1.37. The zero-order valence-electron chi connectivity index (χ0n) is 40.5. The van der Waals surface area contributed by atoms with Crippen LogP contribution in [0.4, 0.5) is 0 Å². The van der Waals surface area contributed by atoms with Crippen molar-refractivity contribution in [1.29, 1.82) is 0 Å². The number of unbranched alkanes of at least 4 members (excludes halogenated alkanes) is 43. The molecule has 0 aromatic heterocycles. The SMILES string of the molecule is CCCCCCCCCCCCCCC[N+](CCCCCCCCCC)(CCCCCCCCCCCCCCC)CCCCCCCCCCCCCCC. The first-order chi connectivity index (χ1) is 27.7. The van der Waals surface area contributed by atoms with E-state index in [9.17, 15) is 0 Å². The van der Waals surface area contributed by atoms with Crippen LogP contribution in [0.15, 0.2) is 0 Å². The fourth-order valence-electron chi connectivity index (χ4n) is 9.65. The molecule has 0 rings (SSSR count). The van der Waals surface area contributed by atoms with Gasteiger partial charge in [-0.2, -0.15) is 0 Å². The number of nitrogens with zero attached hydrogens (tertiary/aromatic N) is 1. The van der Waals surface area contributed by atoms with Crippen molar-refractivity contribution in [2.24, 2.45) is 0 Å². The minimum Gasteiger partial charge on any atom is -0.324 e. The van der Waals surface area contributed by atoms with Gasteiger partial charge in [0.05, 0.1) is 26.2 Å². The van der Waals surface area contributed by atoms with Crippen LogP contribution in [0.3, 0.4) is 0 Å². The highest BCUT2D eigenvalue weighted by molar-refractivity contribution is 4.57. The van der Waals surface area contributed by atoms with E-state index in [1.165, 1.54) is 332 Å². The van der Waals surface area contributed by atoms with Crippen LogP contribution in [-0.4, -0.2) is 30.7 Å². The summed E-state index contributed by atoms with van der Waals surface area (Å²) in [6, 6.07) is 0. The van der Waals surface area contributed by atoms with E-state index >= 15 is 0 Å². The van der Waals surface area contributed by atoms with Gasteiger partial charge in [0, 0.05) is 0 Å². The van der Waals surface area contributed by atoms with Crippen LogP contribution in [0.1, 0.15) is 329 Å². The Balaban J connectivity index is 4.83. The zero-order chi connectivity index (χ0) is 40.6. The third-order valence-electron chi connectivity index (χ3n) is 13.7. The van der Waals surface area contributed by atoms with Gasteiger partial charge >= 0.3 is 0 Å². The molecule has 0 saturated carbocycles. The molecule has 56 heavy (non-hydrogen) atoms. The third-order valence-corrected chi connectivity index (χ3v) is 13.7. The van der Waals surface area contributed by atoms with E-state index < -0.39 is 0 Å². The van der Waals surface area contributed by atoms with Crippen molar-refractivity contribution in [2.75, 3.05) is 26.2 Å². The molecule has 1 heteroatoms. The summed E-state index contributed by atoms with van der Waals surface area (Å²) in [6.45, 7) is 15.3. The monoisotopic (exact) mass is 789 g/mol. The fourth-order valence-corrected chi connectivity index (χ4v) is 9.65. The molecule has 0 atom stereocenters. The van der Waals surface area contributed by atoms with Gasteiger partial charge in [-0.05, 0) is 51.4 Å². The lowest BCUT2D eigenvalue weighted by Gasteiger charge is -2.40. The summed E-state index contributed by atoms with van der Waals surface area (Å²) in [5.74, 6) is 0. The molecule has 0 saturated heterocycles. The first kappa shape index (κ1) is 56.0. The van der Waals surface area contributed by atoms with Crippen molar-refractivity contribution < 1.29 is 4.48 Å². The van der Waals surface area contributed by atoms with Gasteiger partial charge in [0.2, 0.25) is 0 Å². The minimum absolute atomic E-state index is 1.37. The molecule has 0 bridgehead atoms. The molecule has 0 aromatic carbocycles. The van der Waals surface area contributed by atoms with Gasteiger partial charge in [0.25, 0.3) is 0 Å². The summed E-state index contributed by atoms with van der Waals surface area (Å²) in [7, 11) is 0. The molecule has 0 heterocycles. The van der Waals surface area contributed by atoms with E-state index in [0.29, 0.717) is 0 Å². The summed E-state index contributed by atoms with van der Waals surface area (Å²) in [5.41, 5.74) is 0. The predicted molar refractivity (Wildman–Crippen MR) is 259 cm³/mol. The van der Waals surface area contributed by atoms with Crippen molar-refractivity contribution in [3.05, 3.63) is 0 Å². The smallest absolute Gasteiger partial charge is 0.0786 e. The van der Waals surface area contributed by atoms with E-state index in [4.69, 9.17) is 0 Å². The van der Waals surface area contributed by atoms with Crippen LogP contribution in [-0.2, 0) is 0 Å². The van der Waals surface area contributed by atoms with Crippen LogP contribution >= 0.6 is 0 Å². The van der Waals surface area contributed by atoms with Gasteiger partial charge < -0.3 is 4.48 Å². The molecule has 0 amide bonds. The summed E-state index contributed by atoms with van der Waals surface area (Å²) in [5, 5.41) is 0. The quantitative estimate of drug-likeness (QED) is 0.0425. The van der Waals surface area contributed by atoms with Crippen LogP contribution in [0, 0.1) is 0 Å². The van der Waals surface area contributed by atoms with E-state index in [1.807, 2.05) is 0 Å². The molecule has 0 radical (unpaired) electrons. The Labute approximate surface area is 358 Å². The Morgan fingerprint density at radius 1 is 0.143 bits per heavy atom. The molecular weight excluding hydrogens is 675 g/mol. The molecule has 0 aliphatic heterocycles. The van der Waals surface area contributed by atoms with Gasteiger partial charge in [0.15, 0.2) is 0 Å². The number of rotatable bonds is 51. The van der Waals surface area contributed by atoms with Crippen LogP contribution in [0.5, 0.6) is 0 Å². The van der Waals surface area contributed by atoms with Crippen molar-refractivity contribution in [1.82, 2.24) is 0 Å². The van der Waals surface area contributed by atoms with E-state index in [-0.39, 0.29) is 0 Å². The Morgan fingerprint density at radius 2 is 0.250 bits per heavy atom.